The van der Waals surface area contributed by atoms with Crippen LogP contribution in [-0.4, -0.2) is 17.9 Å². The minimum atomic E-state index is -0.289. The number of amides is 2. The molecule has 0 aromatic heterocycles. The Balaban J connectivity index is 0.00000162. The van der Waals surface area contributed by atoms with Gasteiger partial charge in [-0.1, -0.05) is 23.7 Å². The molecule has 4 nitrogen and oxygen atoms in total. The van der Waals surface area contributed by atoms with E-state index in [0.29, 0.717) is 24.4 Å². The topological polar surface area (TPSA) is 58.2 Å². The molecule has 2 amide bonds. The van der Waals surface area contributed by atoms with E-state index in [-0.39, 0.29) is 30.3 Å². The molecule has 1 aromatic carbocycles. The van der Waals surface area contributed by atoms with Crippen LogP contribution >= 0.6 is 24.0 Å². The van der Waals surface area contributed by atoms with Gasteiger partial charge in [-0.25, -0.2) is 0 Å². The summed E-state index contributed by atoms with van der Waals surface area (Å²) in [6, 6.07) is 7.14. The smallest absolute Gasteiger partial charge is 0.243 e. The van der Waals surface area contributed by atoms with Gasteiger partial charge in [0.05, 0.1) is 6.04 Å². The third kappa shape index (κ3) is 3.98. The standard InChI is InChI=1S/C12H13ClN2O2.ClH/c13-9-3-1-8(2-4-9)7-14-10-5-6-11(16)15-12(10)17;/h1-4,10,14H,5-7H2,(H,15,16,17);1H. The average Bonchev–Trinajstić information content (AvgIpc) is 2.30. The first-order valence-corrected chi connectivity index (χ1v) is 5.84. The number of nitrogens with one attached hydrogen (secondary N) is 2. The zero-order valence-electron chi connectivity index (χ0n) is 9.61. The predicted octanol–water partition coefficient (Wildman–Crippen LogP) is 1.66. The van der Waals surface area contributed by atoms with Gasteiger partial charge in [-0.15, -0.1) is 12.4 Å². The van der Waals surface area contributed by atoms with Crippen LogP contribution in [-0.2, 0) is 16.1 Å². The fourth-order valence-corrected chi connectivity index (χ4v) is 1.86. The van der Waals surface area contributed by atoms with Gasteiger partial charge in [0.15, 0.2) is 0 Å². The van der Waals surface area contributed by atoms with Crippen LogP contribution in [0.4, 0.5) is 0 Å². The number of hydrogen-bond acceptors (Lipinski definition) is 3. The summed E-state index contributed by atoms with van der Waals surface area (Å²) in [7, 11) is 0. The molecular formula is C12H14Cl2N2O2. The molecule has 1 aliphatic rings. The zero-order valence-corrected chi connectivity index (χ0v) is 11.2. The Morgan fingerprint density at radius 1 is 1.28 bits per heavy atom. The van der Waals surface area contributed by atoms with Crippen LogP contribution < -0.4 is 10.6 Å². The van der Waals surface area contributed by atoms with Crippen molar-refractivity contribution in [2.75, 3.05) is 0 Å². The van der Waals surface area contributed by atoms with E-state index in [4.69, 9.17) is 11.6 Å². The van der Waals surface area contributed by atoms with Crippen molar-refractivity contribution in [3.63, 3.8) is 0 Å². The van der Waals surface area contributed by atoms with Gasteiger partial charge in [0.1, 0.15) is 0 Å². The van der Waals surface area contributed by atoms with Crippen molar-refractivity contribution < 1.29 is 9.59 Å². The molecule has 98 valence electrons. The second-order valence-electron chi connectivity index (χ2n) is 4.01. The molecule has 1 saturated heterocycles. The number of imide groups is 1. The van der Waals surface area contributed by atoms with Crippen molar-refractivity contribution in [2.24, 2.45) is 0 Å². The maximum atomic E-state index is 11.5. The predicted molar refractivity (Wildman–Crippen MR) is 71.7 cm³/mol. The largest absolute Gasteiger partial charge is 0.302 e. The third-order valence-electron chi connectivity index (χ3n) is 2.71. The van der Waals surface area contributed by atoms with Gasteiger partial charge in [-0.3, -0.25) is 14.9 Å². The van der Waals surface area contributed by atoms with E-state index in [0.717, 1.165) is 5.56 Å². The summed E-state index contributed by atoms with van der Waals surface area (Å²) in [6.45, 7) is 0.587. The van der Waals surface area contributed by atoms with E-state index < -0.39 is 0 Å². The Labute approximate surface area is 116 Å². The van der Waals surface area contributed by atoms with Crippen LogP contribution in [0.15, 0.2) is 24.3 Å². The van der Waals surface area contributed by atoms with Gasteiger partial charge in [0.25, 0.3) is 0 Å². The summed E-state index contributed by atoms with van der Waals surface area (Å²) in [4.78, 5) is 22.4. The fourth-order valence-electron chi connectivity index (χ4n) is 1.73. The summed E-state index contributed by atoms with van der Waals surface area (Å²) in [5.74, 6) is -0.435. The molecule has 0 bridgehead atoms. The molecule has 1 fully saturated rings. The Kier molecular flexibility index (Phi) is 5.59. The Hall–Kier alpha value is -1.10. The summed E-state index contributed by atoms with van der Waals surface area (Å²) < 4.78 is 0. The molecule has 18 heavy (non-hydrogen) atoms. The number of halogens is 2. The second kappa shape index (κ2) is 6.73. The highest BCUT2D eigenvalue weighted by atomic mass is 35.5. The molecule has 1 aliphatic heterocycles. The molecule has 0 radical (unpaired) electrons. The number of carbonyl (C=O) groups is 2. The first-order chi connectivity index (χ1) is 8.15. The molecule has 0 spiro atoms. The van der Waals surface area contributed by atoms with Gasteiger partial charge >= 0.3 is 0 Å². The summed E-state index contributed by atoms with van der Waals surface area (Å²) >= 11 is 5.78. The normalized spacial score (nSPS) is 19.1. The second-order valence-corrected chi connectivity index (χ2v) is 4.45. The number of carbonyl (C=O) groups excluding carboxylic acids is 2. The van der Waals surface area contributed by atoms with Crippen molar-refractivity contribution in [1.29, 1.82) is 0 Å². The van der Waals surface area contributed by atoms with Gasteiger partial charge in [0, 0.05) is 18.0 Å². The Morgan fingerprint density at radius 2 is 1.94 bits per heavy atom. The van der Waals surface area contributed by atoms with E-state index >= 15 is 0 Å². The van der Waals surface area contributed by atoms with Crippen LogP contribution in [0.3, 0.4) is 0 Å². The van der Waals surface area contributed by atoms with Crippen LogP contribution in [0.25, 0.3) is 0 Å². The van der Waals surface area contributed by atoms with E-state index in [1.54, 1.807) is 0 Å². The number of benzene rings is 1. The van der Waals surface area contributed by atoms with E-state index in [9.17, 15) is 9.59 Å². The highest BCUT2D eigenvalue weighted by Crippen LogP contribution is 2.10. The molecule has 1 heterocycles. The molecule has 1 unspecified atom stereocenters. The lowest BCUT2D eigenvalue weighted by molar-refractivity contribution is -0.134. The van der Waals surface area contributed by atoms with Crippen molar-refractivity contribution in [3.8, 4) is 0 Å². The van der Waals surface area contributed by atoms with Crippen LogP contribution in [0.5, 0.6) is 0 Å². The minimum absolute atomic E-state index is 0. The van der Waals surface area contributed by atoms with Crippen LogP contribution in [0.2, 0.25) is 5.02 Å². The molecule has 0 aliphatic carbocycles. The molecule has 1 atom stereocenters. The molecular weight excluding hydrogens is 275 g/mol. The maximum absolute atomic E-state index is 11.5. The molecule has 2 N–H and O–H groups in total. The molecule has 6 heteroatoms. The zero-order chi connectivity index (χ0) is 12.3. The molecule has 2 rings (SSSR count). The van der Waals surface area contributed by atoms with Gasteiger partial charge in [-0.05, 0) is 24.1 Å². The maximum Gasteiger partial charge on any atom is 0.243 e. The average molecular weight is 289 g/mol. The van der Waals surface area contributed by atoms with Crippen molar-refractivity contribution in [3.05, 3.63) is 34.9 Å². The van der Waals surface area contributed by atoms with Gasteiger partial charge in [-0.2, -0.15) is 0 Å². The first-order valence-electron chi connectivity index (χ1n) is 5.46. The van der Waals surface area contributed by atoms with E-state index in [1.807, 2.05) is 24.3 Å². The van der Waals surface area contributed by atoms with Crippen molar-refractivity contribution in [1.82, 2.24) is 10.6 Å². The fraction of sp³-hybridized carbons (Fsp3) is 0.333. The monoisotopic (exact) mass is 288 g/mol. The van der Waals surface area contributed by atoms with E-state index in [1.165, 1.54) is 0 Å². The summed E-state index contributed by atoms with van der Waals surface area (Å²) in [5, 5.41) is 6.12. The highest BCUT2D eigenvalue weighted by molar-refractivity contribution is 6.30. The SMILES string of the molecule is Cl.O=C1CCC(NCc2ccc(Cl)cc2)C(=O)N1. The van der Waals surface area contributed by atoms with Gasteiger partial charge in [0.2, 0.25) is 11.8 Å². The number of rotatable bonds is 3. The van der Waals surface area contributed by atoms with Gasteiger partial charge < -0.3 is 5.32 Å². The minimum Gasteiger partial charge on any atom is -0.302 e. The summed E-state index contributed by atoms with van der Waals surface area (Å²) in [6.07, 6.45) is 0.947. The Morgan fingerprint density at radius 3 is 2.56 bits per heavy atom. The van der Waals surface area contributed by atoms with Crippen molar-refractivity contribution in [2.45, 2.75) is 25.4 Å². The lowest BCUT2D eigenvalue weighted by Gasteiger charge is -2.21. The Bertz CT molecular complexity index is 434. The van der Waals surface area contributed by atoms with Crippen molar-refractivity contribution >= 4 is 35.8 Å². The highest BCUT2D eigenvalue weighted by Gasteiger charge is 2.25. The quantitative estimate of drug-likeness (QED) is 0.832. The number of hydrogen-bond donors (Lipinski definition) is 2. The van der Waals surface area contributed by atoms with Crippen LogP contribution in [0, 0.1) is 0 Å². The lowest BCUT2D eigenvalue weighted by atomic mass is 10.1. The van der Waals surface area contributed by atoms with E-state index in [2.05, 4.69) is 10.6 Å². The summed E-state index contributed by atoms with van der Waals surface area (Å²) in [5.41, 5.74) is 1.05. The first kappa shape index (κ1) is 15.0. The third-order valence-corrected chi connectivity index (χ3v) is 2.96. The number of piperidine rings is 1. The van der Waals surface area contributed by atoms with Crippen LogP contribution in [0.1, 0.15) is 18.4 Å². The molecule has 1 aromatic rings. The molecule has 0 saturated carbocycles. The lowest BCUT2D eigenvalue weighted by Crippen LogP contribution is -2.50.